The number of morpholine rings is 1. The average Bonchev–Trinajstić information content (AvgIpc) is 2.54. The molecule has 1 aromatic heterocycles. The van der Waals surface area contributed by atoms with Gasteiger partial charge in [0.15, 0.2) is 11.5 Å². The zero-order valence-electron chi connectivity index (χ0n) is 12.0. The maximum absolute atomic E-state index is 12.3. The molecule has 0 spiro atoms. The molecule has 0 radical (unpaired) electrons. The Morgan fingerprint density at radius 2 is 1.86 bits per heavy atom. The predicted molar refractivity (Wildman–Crippen MR) is 78.5 cm³/mol. The summed E-state index contributed by atoms with van der Waals surface area (Å²) in [5.74, 6) is 1.62. The molecule has 2 heterocycles. The van der Waals surface area contributed by atoms with Crippen LogP contribution in [0, 0.1) is 0 Å². The average molecular weight is 291 g/mol. The van der Waals surface area contributed by atoms with Gasteiger partial charge in [-0.05, 0) is 6.07 Å². The van der Waals surface area contributed by atoms with E-state index in [0.29, 0.717) is 54.7 Å². The molecule has 0 unspecified atom stereocenters. The van der Waals surface area contributed by atoms with Crippen LogP contribution in [0.4, 0.5) is 5.95 Å². The lowest BCUT2D eigenvalue weighted by Crippen LogP contribution is -2.38. The molecular formula is C14H17N3O4. The summed E-state index contributed by atoms with van der Waals surface area (Å²) in [4.78, 5) is 21.6. The Kier molecular flexibility index (Phi) is 3.66. The molecule has 1 aromatic carbocycles. The number of aromatic nitrogens is 2. The van der Waals surface area contributed by atoms with E-state index in [9.17, 15) is 4.79 Å². The number of hydrogen-bond donors (Lipinski definition) is 1. The lowest BCUT2D eigenvalue weighted by atomic mass is 10.2. The minimum absolute atomic E-state index is 0.192. The van der Waals surface area contributed by atoms with Gasteiger partial charge in [0.25, 0.3) is 5.56 Å². The van der Waals surface area contributed by atoms with Gasteiger partial charge in [0.05, 0.1) is 38.3 Å². The van der Waals surface area contributed by atoms with Crippen molar-refractivity contribution in [3.63, 3.8) is 0 Å². The maximum atomic E-state index is 12.3. The van der Waals surface area contributed by atoms with Crippen LogP contribution >= 0.6 is 0 Å². The summed E-state index contributed by atoms with van der Waals surface area (Å²) in [6, 6.07) is 3.36. The zero-order valence-corrected chi connectivity index (χ0v) is 12.0. The molecule has 21 heavy (non-hydrogen) atoms. The van der Waals surface area contributed by atoms with E-state index < -0.39 is 0 Å². The van der Waals surface area contributed by atoms with Crippen molar-refractivity contribution >= 4 is 16.9 Å². The number of benzene rings is 1. The molecule has 0 aliphatic carbocycles. The van der Waals surface area contributed by atoms with E-state index in [4.69, 9.17) is 14.2 Å². The highest BCUT2D eigenvalue weighted by atomic mass is 16.5. The molecule has 112 valence electrons. The van der Waals surface area contributed by atoms with Crippen molar-refractivity contribution in [1.82, 2.24) is 9.97 Å². The second-order valence-electron chi connectivity index (χ2n) is 4.71. The molecule has 0 saturated carbocycles. The van der Waals surface area contributed by atoms with E-state index in [1.54, 1.807) is 19.2 Å². The first kappa shape index (κ1) is 13.7. The monoisotopic (exact) mass is 291 g/mol. The number of methoxy groups -OCH3 is 2. The largest absolute Gasteiger partial charge is 0.493 e. The highest BCUT2D eigenvalue weighted by Gasteiger charge is 2.16. The van der Waals surface area contributed by atoms with Gasteiger partial charge in [-0.2, -0.15) is 0 Å². The van der Waals surface area contributed by atoms with Crippen molar-refractivity contribution in [3.05, 3.63) is 22.5 Å². The summed E-state index contributed by atoms with van der Waals surface area (Å²) in [6.07, 6.45) is 0. The zero-order chi connectivity index (χ0) is 14.8. The Morgan fingerprint density at radius 1 is 1.19 bits per heavy atom. The molecule has 1 aliphatic rings. The summed E-state index contributed by atoms with van der Waals surface area (Å²) in [6.45, 7) is 2.69. The molecule has 0 bridgehead atoms. The van der Waals surface area contributed by atoms with Gasteiger partial charge in [-0.1, -0.05) is 0 Å². The number of H-pyrrole nitrogens is 1. The number of anilines is 1. The maximum Gasteiger partial charge on any atom is 0.260 e. The van der Waals surface area contributed by atoms with Crippen LogP contribution in [-0.2, 0) is 4.74 Å². The van der Waals surface area contributed by atoms with Crippen LogP contribution in [-0.4, -0.2) is 50.5 Å². The van der Waals surface area contributed by atoms with Gasteiger partial charge in [0.1, 0.15) is 0 Å². The van der Waals surface area contributed by atoms with Crippen LogP contribution < -0.4 is 19.9 Å². The molecule has 0 atom stereocenters. The lowest BCUT2D eigenvalue weighted by molar-refractivity contribution is 0.122. The van der Waals surface area contributed by atoms with Gasteiger partial charge in [-0.15, -0.1) is 0 Å². The van der Waals surface area contributed by atoms with Crippen molar-refractivity contribution in [2.75, 3.05) is 45.4 Å². The molecular weight excluding hydrogens is 274 g/mol. The number of nitrogens with zero attached hydrogens (tertiary/aromatic N) is 2. The van der Waals surface area contributed by atoms with Crippen LogP contribution in [0.1, 0.15) is 0 Å². The van der Waals surface area contributed by atoms with E-state index >= 15 is 0 Å². The summed E-state index contributed by atoms with van der Waals surface area (Å²) < 4.78 is 15.8. The fourth-order valence-corrected chi connectivity index (χ4v) is 2.38. The first-order chi connectivity index (χ1) is 10.2. The number of ether oxygens (including phenoxy) is 3. The molecule has 0 amide bonds. The summed E-state index contributed by atoms with van der Waals surface area (Å²) in [5.41, 5.74) is 0.389. The fraction of sp³-hybridized carbons (Fsp3) is 0.429. The van der Waals surface area contributed by atoms with E-state index in [0.717, 1.165) is 0 Å². The Bertz CT molecular complexity index is 707. The summed E-state index contributed by atoms with van der Waals surface area (Å²) in [7, 11) is 3.09. The number of fused-ring (bicyclic) bond motifs is 1. The van der Waals surface area contributed by atoms with Gasteiger partial charge < -0.3 is 19.1 Å². The molecule has 2 aromatic rings. The minimum Gasteiger partial charge on any atom is -0.493 e. The molecule has 1 N–H and O–H groups in total. The smallest absolute Gasteiger partial charge is 0.260 e. The first-order valence-corrected chi connectivity index (χ1v) is 6.71. The third kappa shape index (κ3) is 2.52. The first-order valence-electron chi connectivity index (χ1n) is 6.71. The normalized spacial score (nSPS) is 15.2. The summed E-state index contributed by atoms with van der Waals surface area (Å²) in [5, 5.41) is 0.477. The Morgan fingerprint density at radius 3 is 2.52 bits per heavy atom. The van der Waals surface area contributed by atoms with Gasteiger partial charge in [0, 0.05) is 19.2 Å². The Labute approximate surface area is 121 Å². The standard InChI is InChI=1S/C14H17N3O4/c1-19-11-7-9-10(8-12(11)20-2)15-14(16-13(9)18)17-3-5-21-6-4-17/h7-8H,3-6H2,1-2H3,(H,15,16,18). The number of hydrogen-bond acceptors (Lipinski definition) is 6. The molecule has 1 fully saturated rings. The molecule has 7 heteroatoms. The van der Waals surface area contributed by atoms with Crippen molar-refractivity contribution in [3.8, 4) is 11.5 Å². The quantitative estimate of drug-likeness (QED) is 0.900. The van der Waals surface area contributed by atoms with Crippen LogP contribution in [0.5, 0.6) is 11.5 Å². The second kappa shape index (κ2) is 5.61. The van der Waals surface area contributed by atoms with Gasteiger partial charge in [-0.25, -0.2) is 4.98 Å². The minimum atomic E-state index is -0.192. The van der Waals surface area contributed by atoms with Gasteiger partial charge in [-0.3, -0.25) is 9.78 Å². The molecule has 1 aliphatic heterocycles. The molecule has 1 saturated heterocycles. The van der Waals surface area contributed by atoms with E-state index in [1.165, 1.54) is 7.11 Å². The predicted octanol–water partition coefficient (Wildman–Crippen LogP) is 0.777. The van der Waals surface area contributed by atoms with E-state index in [2.05, 4.69) is 9.97 Å². The number of aromatic amines is 1. The summed E-state index contributed by atoms with van der Waals surface area (Å²) >= 11 is 0. The van der Waals surface area contributed by atoms with E-state index in [-0.39, 0.29) is 5.56 Å². The third-order valence-corrected chi connectivity index (χ3v) is 3.51. The Balaban J connectivity index is 2.11. The van der Waals surface area contributed by atoms with Gasteiger partial charge >= 0.3 is 0 Å². The molecule has 7 nitrogen and oxygen atoms in total. The van der Waals surface area contributed by atoms with Crippen LogP contribution in [0.2, 0.25) is 0 Å². The number of rotatable bonds is 3. The van der Waals surface area contributed by atoms with Crippen molar-refractivity contribution in [1.29, 1.82) is 0 Å². The highest BCUT2D eigenvalue weighted by Crippen LogP contribution is 2.30. The number of nitrogens with one attached hydrogen (secondary N) is 1. The topological polar surface area (TPSA) is 76.7 Å². The fourth-order valence-electron chi connectivity index (χ4n) is 2.38. The van der Waals surface area contributed by atoms with E-state index in [1.807, 2.05) is 4.90 Å². The van der Waals surface area contributed by atoms with Gasteiger partial charge in [0.2, 0.25) is 5.95 Å². The SMILES string of the molecule is COc1cc2nc(N3CCOCC3)[nH]c(=O)c2cc1OC. The molecule has 3 rings (SSSR count). The highest BCUT2D eigenvalue weighted by molar-refractivity contribution is 5.82. The van der Waals surface area contributed by atoms with Crippen LogP contribution in [0.3, 0.4) is 0 Å². The van der Waals surface area contributed by atoms with Crippen LogP contribution in [0.15, 0.2) is 16.9 Å². The third-order valence-electron chi connectivity index (χ3n) is 3.51. The van der Waals surface area contributed by atoms with Crippen molar-refractivity contribution in [2.45, 2.75) is 0 Å². The Hall–Kier alpha value is -2.28. The van der Waals surface area contributed by atoms with Crippen LogP contribution in [0.25, 0.3) is 10.9 Å². The van der Waals surface area contributed by atoms with Crippen molar-refractivity contribution in [2.24, 2.45) is 0 Å². The second-order valence-corrected chi connectivity index (χ2v) is 4.71. The lowest BCUT2D eigenvalue weighted by Gasteiger charge is -2.27. The van der Waals surface area contributed by atoms with Crippen molar-refractivity contribution < 1.29 is 14.2 Å².